The Morgan fingerprint density at radius 2 is 1.16 bits per heavy atom. The molecule has 1 fully saturated rings. The summed E-state index contributed by atoms with van der Waals surface area (Å²) >= 11 is 0. The minimum absolute atomic E-state index is 0.000199. The molecular weight excluding hydrogens is 720 g/mol. The van der Waals surface area contributed by atoms with Crippen LogP contribution in [-0.2, 0) is 41.4 Å². The Bertz CT molecular complexity index is 1940. The Labute approximate surface area is 324 Å². The second-order valence-corrected chi connectivity index (χ2v) is 13.9. The van der Waals surface area contributed by atoms with E-state index in [0.717, 1.165) is 27.8 Å². The highest BCUT2D eigenvalue weighted by Gasteiger charge is 2.43. The van der Waals surface area contributed by atoms with E-state index in [1.807, 2.05) is 54.6 Å². The van der Waals surface area contributed by atoms with Crippen LogP contribution in [0.5, 0.6) is 0 Å². The molecule has 1 heterocycles. The van der Waals surface area contributed by atoms with Crippen LogP contribution in [0.15, 0.2) is 109 Å². The van der Waals surface area contributed by atoms with Crippen molar-refractivity contribution in [3.8, 4) is 11.1 Å². The molecule has 294 valence electrons. The van der Waals surface area contributed by atoms with Crippen LogP contribution < -0.4 is 21.7 Å². The van der Waals surface area contributed by atoms with Crippen LogP contribution in [0.1, 0.15) is 35.1 Å². The summed E-state index contributed by atoms with van der Waals surface area (Å²) in [6.45, 7) is 0.806. The van der Waals surface area contributed by atoms with E-state index in [0.29, 0.717) is 5.56 Å². The molecule has 56 heavy (non-hydrogen) atoms. The summed E-state index contributed by atoms with van der Waals surface area (Å²) in [4.78, 5) is 53.9. The fourth-order valence-electron chi connectivity index (χ4n) is 6.98. The fourth-order valence-corrected chi connectivity index (χ4v) is 6.98. The van der Waals surface area contributed by atoms with Gasteiger partial charge in [-0.3, -0.25) is 14.4 Å². The summed E-state index contributed by atoms with van der Waals surface area (Å²) in [7, 11) is 0. The molecule has 1 saturated heterocycles. The molecule has 1 aliphatic heterocycles. The molecule has 4 amide bonds. The highest BCUT2D eigenvalue weighted by Crippen LogP contribution is 2.44. The highest BCUT2D eigenvalue weighted by atomic mass is 16.7. The number of benzene rings is 4. The maximum absolute atomic E-state index is 14.1. The Morgan fingerprint density at radius 3 is 1.73 bits per heavy atom. The number of nitrogens with one attached hydrogen (secondary N) is 3. The van der Waals surface area contributed by atoms with E-state index in [9.17, 15) is 34.5 Å². The number of amides is 4. The van der Waals surface area contributed by atoms with Gasteiger partial charge in [-0.05, 0) is 40.3 Å². The number of aliphatic hydroxyl groups is 3. The molecule has 0 spiro atoms. The predicted octanol–water partition coefficient (Wildman–Crippen LogP) is 1.68. The monoisotopic (exact) mass is 766 g/mol. The van der Waals surface area contributed by atoms with Crippen molar-refractivity contribution >= 4 is 23.8 Å². The van der Waals surface area contributed by atoms with Crippen LogP contribution in [0.2, 0.25) is 0 Å². The lowest BCUT2D eigenvalue weighted by molar-refractivity contribution is -0.293. The van der Waals surface area contributed by atoms with Gasteiger partial charge in [-0.15, -0.1) is 0 Å². The lowest BCUT2D eigenvalue weighted by Gasteiger charge is -2.39. The molecule has 0 radical (unpaired) electrons. The molecule has 14 nitrogen and oxygen atoms in total. The Balaban J connectivity index is 1.20. The zero-order valence-electron chi connectivity index (χ0n) is 30.7. The lowest BCUT2D eigenvalue weighted by Crippen LogP contribution is -2.60. The largest absolute Gasteiger partial charge is 0.449 e. The van der Waals surface area contributed by atoms with Gasteiger partial charge in [-0.1, -0.05) is 109 Å². The number of aliphatic hydroxyl groups excluding tert-OH is 3. The van der Waals surface area contributed by atoms with E-state index in [1.165, 1.54) is 6.92 Å². The number of fused-ring (bicyclic) bond motifs is 3. The van der Waals surface area contributed by atoms with Crippen molar-refractivity contribution in [2.45, 2.75) is 74.5 Å². The minimum Gasteiger partial charge on any atom is -0.449 e. The molecule has 0 bridgehead atoms. The number of rotatable bonds is 15. The van der Waals surface area contributed by atoms with Crippen molar-refractivity contribution in [1.82, 2.24) is 16.0 Å². The Hall–Kier alpha value is -5.64. The minimum atomic E-state index is -1.69. The van der Waals surface area contributed by atoms with Crippen LogP contribution in [0.3, 0.4) is 0 Å². The van der Waals surface area contributed by atoms with Crippen molar-refractivity contribution in [1.29, 1.82) is 0 Å². The predicted molar refractivity (Wildman–Crippen MR) is 204 cm³/mol. The Kier molecular flexibility index (Phi) is 13.1. The summed E-state index contributed by atoms with van der Waals surface area (Å²) in [6.07, 6.45) is -7.98. The normalized spacial score (nSPS) is 21.8. The van der Waals surface area contributed by atoms with Crippen molar-refractivity contribution in [3.63, 3.8) is 0 Å². The topological polar surface area (TPSA) is 219 Å². The highest BCUT2D eigenvalue weighted by molar-refractivity contribution is 5.94. The first-order valence-corrected chi connectivity index (χ1v) is 18.4. The summed E-state index contributed by atoms with van der Waals surface area (Å²) in [6, 6.07) is 29.6. The average Bonchev–Trinajstić information content (AvgIpc) is 3.53. The lowest BCUT2D eigenvalue weighted by atomic mass is 9.98. The molecule has 14 heteroatoms. The van der Waals surface area contributed by atoms with Gasteiger partial charge in [-0.25, -0.2) is 4.79 Å². The molecule has 0 unspecified atom stereocenters. The van der Waals surface area contributed by atoms with Gasteiger partial charge in [0.1, 0.15) is 43.0 Å². The van der Waals surface area contributed by atoms with E-state index < -0.39 is 79.3 Å². The molecule has 2 aliphatic rings. The average molecular weight is 767 g/mol. The zero-order chi connectivity index (χ0) is 39.8. The van der Waals surface area contributed by atoms with Gasteiger partial charge in [-0.2, -0.15) is 0 Å². The van der Waals surface area contributed by atoms with E-state index in [2.05, 4.69) is 16.0 Å². The first-order valence-electron chi connectivity index (χ1n) is 18.4. The van der Waals surface area contributed by atoms with Gasteiger partial charge in [0, 0.05) is 18.8 Å². The standard InChI is InChI=1S/C42H46N4O10/c1-24-35(47)36(48)37(49)41(56-24)54-23-34(46-42(53)55-22-31-29-18-10-8-16-27(29)28-17-9-11-19-30(28)31)40(52)45-33(21-26-14-6-3-7-15-26)39(51)44-32(38(43)50)20-25-12-4-2-5-13-25/h2-19,24,31-37,41,47-49H,20-23H2,1H3,(H2,43,50)(H,44,51)(H,45,52)(H,46,53)/t24-,32-,33-,34-,35+,36+,37-,41-/m0/s1. The quantitative estimate of drug-likeness (QED) is 0.0929. The van der Waals surface area contributed by atoms with Crippen LogP contribution in [0.25, 0.3) is 11.1 Å². The van der Waals surface area contributed by atoms with Crippen molar-refractivity contribution in [2.75, 3.05) is 13.2 Å². The van der Waals surface area contributed by atoms with E-state index >= 15 is 0 Å². The second-order valence-electron chi connectivity index (χ2n) is 13.9. The van der Waals surface area contributed by atoms with Crippen LogP contribution in [0, 0.1) is 0 Å². The summed E-state index contributed by atoms with van der Waals surface area (Å²) in [5, 5.41) is 38.9. The molecule has 1 aliphatic carbocycles. The molecule has 8 atom stereocenters. The maximum Gasteiger partial charge on any atom is 0.407 e. The third kappa shape index (κ3) is 9.59. The number of alkyl carbamates (subject to hydrolysis) is 1. The number of hydrogen-bond donors (Lipinski definition) is 7. The van der Waals surface area contributed by atoms with Gasteiger partial charge in [0.2, 0.25) is 17.7 Å². The van der Waals surface area contributed by atoms with E-state index in [-0.39, 0.29) is 25.4 Å². The van der Waals surface area contributed by atoms with Gasteiger partial charge in [0.15, 0.2) is 6.29 Å². The molecule has 4 aromatic rings. The van der Waals surface area contributed by atoms with Crippen LogP contribution in [0.4, 0.5) is 4.79 Å². The van der Waals surface area contributed by atoms with Crippen LogP contribution in [-0.4, -0.2) is 101 Å². The molecule has 6 rings (SSSR count). The molecular formula is C42H46N4O10. The van der Waals surface area contributed by atoms with Gasteiger partial charge < -0.3 is 51.2 Å². The number of hydrogen-bond acceptors (Lipinski definition) is 10. The van der Waals surface area contributed by atoms with Gasteiger partial charge >= 0.3 is 6.09 Å². The molecule has 0 aromatic heterocycles. The molecule has 8 N–H and O–H groups in total. The van der Waals surface area contributed by atoms with Crippen molar-refractivity contribution in [2.24, 2.45) is 5.73 Å². The number of carbonyl (C=O) groups excluding carboxylic acids is 4. The number of nitrogens with two attached hydrogens (primary N) is 1. The number of primary amides is 1. The SMILES string of the molecule is C[C@@H]1O[C@H](OC[C@H](NC(=O)OCC2c3ccccc3-c3ccccc32)C(=O)N[C@@H](Cc2ccccc2)C(=O)N[C@@H](Cc2ccccc2)C(N)=O)[C@@H](O)[C@H](O)[C@@H]1O. The van der Waals surface area contributed by atoms with Gasteiger partial charge in [0.05, 0.1) is 12.7 Å². The third-order valence-electron chi connectivity index (χ3n) is 10.0. The second kappa shape index (κ2) is 18.3. The van der Waals surface area contributed by atoms with Crippen molar-refractivity contribution < 1.29 is 48.7 Å². The summed E-state index contributed by atoms with van der Waals surface area (Å²) < 4.78 is 17.0. The fraction of sp³-hybridized carbons (Fsp3) is 0.333. The first-order chi connectivity index (χ1) is 27.0. The number of ether oxygens (including phenoxy) is 3. The first kappa shape index (κ1) is 40.0. The zero-order valence-corrected chi connectivity index (χ0v) is 30.7. The summed E-state index contributed by atoms with van der Waals surface area (Å²) in [5.41, 5.74) is 11.1. The Morgan fingerprint density at radius 1 is 0.661 bits per heavy atom. The van der Waals surface area contributed by atoms with E-state index in [4.69, 9.17) is 19.9 Å². The molecule has 0 saturated carbocycles. The van der Waals surface area contributed by atoms with Gasteiger partial charge in [0.25, 0.3) is 0 Å². The van der Waals surface area contributed by atoms with E-state index in [1.54, 1.807) is 54.6 Å². The maximum atomic E-state index is 14.1. The third-order valence-corrected chi connectivity index (χ3v) is 10.0. The van der Waals surface area contributed by atoms with Crippen molar-refractivity contribution in [3.05, 3.63) is 131 Å². The van der Waals surface area contributed by atoms with Crippen LogP contribution >= 0.6 is 0 Å². The summed E-state index contributed by atoms with van der Waals surface area (Å²) in [5.74, 6) is -2.63. The molecule has 4 aromatic carbocycles. The number of carbonyl (C=O) groups is 4. The smallest absolute Gasteiger partial charge is 0.407 e.